The molecule has 0 spiro atoms. The third-order valence-electron chi connectivity index (χ3n) is 6.62. The number of piperidine rings is 1. The van der Waals surface area contributed by atoms with Crippen LogP contribution in [0.3, 0.4) is 0 Å². The van der Waals surface area contributed by atoms with Crippen LogP contribution in [0.1, 0.15) is 58.3 Å². The molecule has 3 heteroatoms. The van der Waals surface area contributed by atoms with Crippen LogP contribution < -0.4 is 5.73 Å². The Kier molecular flexibility index (Phi) is 4.88. The summed E-state index contributed by atoms with van der Waals surface area (Å²) in [5.41, 5.74) is 5.88. The quantitative estimate of drug-likeness (QED) is 0.850. The van der Waals surface area contributed by atoms with Gasteiger partial charge in [0.15, 0.2) is 0 Å². The summed E-state index contributed by atoms with van der Waals surface area (Å²) in [4.78, 5) is 15.0. The lowest BCUT2D eigenvalue weighted by Gasteiger charge is -2.42. The maximum Gasteiger partial charge on any atom is 0.225 e. The van der Waals surface area contributed by atoms with E-state index in [2.05, 4.69) is 11.8 Å². The van der Waals surface area contributed by atoms with Gasteiger partial charge in [-0.15, -0.1) is 0 Å². The summed E-state index contributed by atoms with van der Waals surface area (Å²) in [7, 11) is 0. The average molecular weight is 292 g/mol. The Morgan fingerprint density at radius 3 is 2.62 bits per heavy atom. The Hall–Kier alpha value is -0.570. The number of fused-ring (bicyclic) bond motifs is 1. The molecule has 120 valence electrons. The fraction of sp³-hybridized carbons (Fsp3) is 0.944. The fourth-order valence-electron chi connectivity index (χ4n) is 5.01. The number of likely N-dealkylation sites (tertiary alicyclic amines) is 1. The van der Waals surface area contributed by atoms with Crippen molar-refractivity contribution in [3.05, 3.63) is 0 Å². The zero-order valence-electron chi connectivity index (χ0n) is 13.6. The molecule has 0 aromatic rings. The van der Waals surface area contributed by atoms with Gasteiger partial charge in [-0.1, -0.05) is 32.6 Å². The number of carbonyl (C=O) groups excluding carboxylic acids is 1. The van der Waals surface area contributed by atoms with E-state index >= 15 is 0 Å². The van der Waals surface area contributed by atoms with Crippen molar-refractivity contribution in [2.45, 2.75) is 58.3 Å². The maximum atomic E-state index is 12.9. The summed E-state index contributed by atoms with van der Waals surface area (Å²) in [5.74, 6) is 3.72. The Labute approximate surface area is 129 Å². The van der Waals surface area contributed by atoms with Crippen LogP contribution in [0.4, 0.5) is 0 Å². The predicted octanol–water partition coefficient (Wildman–Crippen LogP) is 3.04. The van der Waals surface area contributed by atoms with Gasteiger partial charge in [-0.3, -0.25) is 4.79 Å². The van der Waals surface area contributed by atoms with E-state index in [0.717, 1.165) is 44.3 Å². The zero-order valence-corrected chi connectivity index (χ0v) is 13.6. The number of hydrogen-bond donors (Lipinski definition) is 1. The molecule has 0 bridgehead atoms. The number of carbonyl (C=O) groups is 1. The molecule has 1 aliphatic heterocycles. The van der Waals surface area contributed by atoms with Crippen molar-refractivity contribution in [1.82, 2.24) is 4.90 Å². The van der Waals surface area contributed by atoms with Crippen LogP contribution in [-0.2, 0) is 4.79 Å². The number of rotatable bonds is 2. The molecule has 5 atom stereocenters. The minimum absolute atomic E-state index is 0.316. The first-order valence-corrected chi connectivity index (χ1v) is 9.18. The van der Waals surface area contributed by atoms with Crippen LogP contribution in [0, 0.1) is 29.6 Å². The van der Waals surface area contributed by atoms with Crippen molar-refractivity contribution < 1.29 is 4.79 Å². The maximum absolute atomic E-state index is 12.9. The molecule has 2 N–H and O–H groups in total. The van der Waals surface area contributed by atoms with Gasteiger partial charge < -0.3 is 10.6 Å². The third-order valence-corrected chi connectivity index (χ3v) is 6.62. The van der Waals surface area contributed by atoms with Gasteiger partial charge in [0.2, 0.25) is 5.91 Å². The molecule has 2 aliphatic carbocycles. The molecule has 0 aromatic heterocycles. The van der Waals surface area contributed by atoms with E-state index in [-0.39, 0.29) is 0 Å². The lowest BCUT2D eigenvalue weighted by atomic mass is 9.67. The summed E-state index contributed by atoms with van der Waals surface area (Å²) in [5, 5.41) is 0. The predicted molar refractivity (Wildman–Crippen MR) is 85.7 cm³/mol. The molecule has 1 amide bonds. The van der Waals surface area contributed by atoms with Crippen LogP contribution in [0.15, 0.2) is 0 Å². The number of nitrogens with two attached hydrogens (primary N) is 1. The van der Waals surface area contributed by atoms with E-state index in [1.165, 1.54) is 38.5 Å². The van der Waals surface area contributed by atoms with Gasteiger partial charge in [-0.05, 0) is 55.9 Å². The molecule has 3 rings (SSSR count). The van der Waals surface area contributed by atoms with E-state index < -0.39 is 0 Å². The Morgan fingerprint density at radius 1 is 1.10 bits per heavy atom. The molecule has 5 unspecified atom stereocenters. The van der Waals surface area contributed by atoms with Gasteiger partial charge in [0.25, 0.3) is 0 Å². The number of amides is 1. The lowest BCUT2D eigenvalue weighted by molar-refractivity contribution is -0.140. The average Bonchev–Trinajstić information content (AvgIpc) is 2.54. The molecule has 3 aliphatic rings. The van der Waals surface area contributed by atoms with E-state index in [1.807, 2.05) is 0 Å². The van der Waals surface area contributed by atoms with Crippen molar-refractivity contribution in [2.75, 3.05) is 19.6 Å². The fourth-order valence-corrected chi connectivity index (χ4v) is 5.01. The van der Waals surface area contributed by atoms with E-state index in [1.54, 1.807) is 0 Å². The topological polar surface area (TPSA) is 46.3 Å². The second kappa shape index (κ2) is 6.68. The highest BCUT2D eigenvalue weighted by Gasteiger charge is 2.38. The van der Waals surface area contributed by atoms with E-state index in [0.29, 0.717) is 23.7 Å². The Balaban J connectivity index is 1.58. The minimum Gasteiger partial charge on any atom is -0.342 e. The highest BCUT2D eigenvalue weighted by Crippen LogP contribution is 2.43. The molecular formula is C18H32N2O. The zero-order chi connectivity index (χ0) is 14.8. The third kappa shape index (κ3) is 3.28. The molecule has 1 saturated heterocycles. The van der Waals surface area contributed by atoms with Crippen LogP contribution in [0.25, 0.3) is 0 Å². The smallest absolute Gasteiger partial charge is 0.225 e. The van der Waals surface area contributed by atoms with Crippen molar-refractivity contribution in [3.63, 3.8) is 0 Å². The van der Waals surface area contributed by atoms with E-state index in [9.17, 15) is 4.79 Å². The van der Waals surface area contributed by atoms with Crippen molar-refractivity contribution >= 4 is 5.91 Å². The van der Waals surface area contributed by atoms with Crippen LogP contribution in [-0.4, -0.2) is 30.4 Å². The normalized spacial score (nSPS) is 40.7. The first-order valence-electron chi connectivity index (χ1n) is 9.18. The van der Waals surface area contributed by atoms with E-state index in [4.69, 9.17) is 5.73 Å². The Bertz CT molecular complexity index is 370. The first-order chi connectivity index (χ1) is 10.2. The molecule has 21 heavy (non-hydrogen) atoms. The van der Waals surface area contributed by atoms with Gasteiger partial charge in [0.1, 0.15) is 0 Å². The van der Waals surface area contributed by atoms with Crippen molar-refractivity contribution in [3.8, 4) is 0 Å². The monoisotopic (exact) mass is 292 g/mol. The number of hydrogen-bond acceptors (Lipinski definition) is 2. The van der Waals surface area contributed by atoms with Gasteiger partial charge in [0, 0.05) is 19.0 Å². The summed E-state index contributed by atoms with van der Waals surface area (Å²) < 4.78 is 0. The highest BCUT2D eigenvalue weighted by atomic mass is 16.2. The second-order valence-corrected chi connectivity index (χ2v) is 7.86. The summed E-state index contributed by atoms with van der Waals surface area (Å²) >= 11 is 0. The summed E-state index contributed by atoms with van der Waals surface area (Å²) in [6.45, 7) is 4.87. The van der Waals surface area contributed by atoms with Gasteiger partial charge in [0.05, 0.1) is 0 Å². The largest absolute Gasteiger partial charge is 0.342 e. The van der Waals surface area contributed by atoms with Crippen LogP contribution in [0.2, 0.25) is 0 Å². The molecule has 2 saturated carbocycles. The number of nitrogens with zero attached hydrogens (tertiary/aromatic N) is 1. The van der Waals surface area contributed by atoms with Gasteiger partial charge >= 0.3 is 0 Å². The van der Waals surface area contributed by atoms with Gasteiger partial charge in [-0.25, -0.2) is 0 Å². The molecule has 1 heterocycles. The van der Waals surface area contributed by atoms with Gasteiger partial charge in [-0.2, -0.15) is 0 Å². The second-order valence-electron chi connectivity index (χ2n) is 7.86. The van der Waals surface area contributed by atoms with Crippen LogP contribution in [0.5, 0.6) is 0 Å². The lowest BCUT2D eigenvalue weighted by Crippen LogP contribution is -2.48. The van der Waals surface area contributed by atoms with Crippen LogP contribution >= 0.6 is 0 Å². The summed E-state index contributed by atoms with van der Waals surface area (Å²) in [6.07, 6.45) is 10.3. The SMILES string of the molecule is CC1CCN(C(=O)C2CCC3CCCCC3C2)CC1CN. The molecule has 0 aromatic carbocycles. The highest BCUT2D eigenvalue weighted by molar-refractivity contribution is 5.79. The summed E-state index contributed by atoms with van der Waals surface area (Å²) in [6, 6.07) is 0. The molecular weight excluding hydrogens is 260 g/mol. The molecule has 3 fully saturated rings. The Morgan fingerprint density at radius 2 is 1.86 bits per heavy atom. The standard InChI is InChI=1S/C18H32N2O/c1-13-8-9-20(12-17(13)11-19)18(21)16-7-6-14-4-2-3-5-15(14)10-16/h13-17H,2-12,19H2,1H3. The molecule has 0 radical (unpaired) electrons. The molecule has 3 nitrogen and oxygen atoms in total. The van der Waals surface area contributed by atoms with Crippen molar-refractivity contribution in [1.29, 1.82) is 0 Å². The van der Waals surface area contributed by atoms with Crippen molar-refractivity contribution in [2.24, 2.45) is 35.3 Å². The minimum atomic E-state index is 0.316. The first kappa shape index (κ1) is 15.3.